The van der Waals surface area contributed by atoms with Gasteiger partial charge in [0.1, 0.15) is 0 Å². The van der Waals surface area contributed by atoms with E-state index in [4.69, 9.17) is 19.2 Å². The molecule has 8 heteroatoms. The Morgan fingerprint density at radius 2 is 2.07 bits per heavy atom. The third kappa shape index (κ3) is 10.3. The fourth-order valence-corrected chi connectivity index (χ4v) is 3.35. The van der Waals surface area contributed by atoms with Gasteiger partial charge in [-0.15, -0.1) is 24.0 Å². The first-order valence-electron chi connectivity index (χ1n) is 10.2. The zero-order valence-electron chi connectivity index (χ0n) is 17.2. The summed E-state index contributed by atoms with van der Waals surface area (Å²) >= 11 is 0. The summed E-state index contributed by atoms with van der Waals surface area (Å²) in [6, 6.07) is 0.226. The fraction of sp³-hybridized carbons (Fsp3) is 0.947. The lowest BCUT2D eigenvalue weighted by Gasteiger charge is -2.31. The predicted molar refractivity (Wildman–Crippen MR) is 120 cm³/mol. The first-order chi connectivity index (χ1) is 12.7. The van der Waals surface area contributed by atoms with E-state index in [0.29, 0.717) is 12.5 Å². The molecule has 2 aliphatic heterocycles. The van der Waals surface area contributed by atoms with Crippen molar-refractivity contribution in [1.82, 2.24) is 15.5 Å². The molecule has 2 atom stereocenters. The number of guanidine groups is 1. The molecule has 2 N–H and O–H groups in total. The molecule has 27 heavy (non-hydrogen) atoms. The van der Waals surface area contributed by atoms with Gasteiger partial charge in [-0.05, 0) is 52.1 Å². The lowest BCUT2D eigenvalue weighted by Crippen LogP contribution is -2.45. The van der Waals surface area contributed by atoms with Crippen LogP contribution in [-0.4, -0.2) is 89.3 Å². The van der Waals surface area contributed by atoms with E-state index in [0.717, 1.165) is 64.9 Å². The third-order valence-corrected chi connectivity index (χ3v) is 5.02. The lowest BCUT2D eigenvalue weighted by atomic mass is 9.97. The normalized spacial score (nSPS) is 23.1. The molecular weight excluding hydrogens is 459 g/mol. The van der Waals surface area contributed by atoms with Crippen molar-refractivity contribution in [2.75, 3.05) is 66.3 Å². The van der Waals surface area contributed by atoms with Crippen molar-refractivity contribution in [3.63, 3.8) is 0 Å². The number of piperidine rings is 1. The van der Waals surface area contributed by atoms with Crippen LogP contribution in [0.3, 0.4) is 0 Å². The Morgan fingerprint density at radius 1 is 1.30 bits per heavy atom. The van der Waals surface area contributed by atoms with Crippen LogP contribution < -0.4 is 10.6 Å². The molecule has 7 nitrogen and oxygen atoms in total. The van der Waals surface area contributed by atoms with Crippen LogP contribution >= 0.6 is 24.0 Å². The van der Waals surface area contributed by atoms with Crippen LogP contribution in [0.5, 0.6) is 0 Å². The van der Waals surface area contributed by atoms with Crippen molar-refractivity contribution in [3.05, 3.63) is 0 Å². The Labute approximate surface area is 182 Å². The van der Waals surface area contributed by atoms with E-state index < -0.39 is 0 Å². The minimum Gasteiger partial charge on any atom is -0.383 e. The molecule has 0 aromatic rings. The molecule has 2 aliphatic rings. The number of halogens is 1. The Hall–Kier alpha value is -0.160. The van der Waals surface area contributed by atoms with Gasteiger partial charge < -0.3 is 29.7 Å². The average Bonchev–Trinajstić information content (AvgIpc) is 3.17. The number of ether oxygens (including phenoxy) is 3. The zero-order chi connectivity index (χ0) is 18.6. The maximum atomic E-state index is 5.90. The molecular formula is C19H39IN4O3. The SMILES string of the molecule is CCNC(=NCC1CCN(CCOC)CC1)NC(C)COC1CCOC1.I. The topological polar surface area (TPSA) is 67.4 Å². The van der Waals surface area contributed by atoms with Gasteiger partial charge in [0.05, 0.1) is 25.9 Å². The van der Waals surface area contributed by atoms with Gasteiger partial charge in [-0.1, -0.05) is 0 Å². The number of hydrogen-bond acceptors (Lipinski definition) is 5. The number of likely N-dealkylation sites (tertiary alicyclic amines) is 1. The lowest BCUT2D eigenvalue weighted by molar-refractivity contribution is 0.0347. The molecule has 0 aromatic carbocycles. The highest BCUT2D eigenvalue weighted by Crippen LogP contribution is 2.17. The van der Waals surface area contributed by atoms with E-state index in [9.17, 15) is 0 Å². The Bertz CT molecular complexity index is 400. The van der Waals surface area contributed by atoms with Crippen LogP contribution in [0.15, 0.2) is 4.99 Å². The van der Waals surface area contributed by atoms with Gasteiger partial charge in [0.15, 0.2) is 5.96 Å². The highest BCUT2D eigenvalue weighted by Gasteiger charge is 2.19. The fourth-order valence-electron chi connectivity index (χ4n) is 3.35. The molecule has 0 amide bonds. The number of nitrogens with zero attached hydrogens (tertiary/aromatic N) is 2. The molecule has 0 saturated carbocycles. The quantitative estimate of drug-likeness (QED) is 0.272. The van der Waals surface area contributed by atoms with Gasteiger partial charge >= 0.3 is 0 Å². The van der Waals surface area contributed by atoms with Crippen molar-refractivity contribution < 1.29 is 14.2 Å². The van der Waals surface area contributed by atoms with E-state index >= 15 is 0 Å². The summed E-state index contributed by atoms with van der Waals surface area (Å²) in [5.41, 5.74) is 0. The Kier molecular flexibility index (Phi) is 13.6. The van der Waals surface area contributed by atoms with Gasteiger partial charge in [0, 0.05) is 39.4 Å². The molecule has 2 saturated heterocycles. The van der Waals surface area contributed by atoms with Gasteiger partial charge in [0.2, 0.25) is 0 Å². The van der Waals surface area contributed by atoms with Gasteiger partial charge in [-0.25, -0.2) is 0 Å². The summed E-state index contributed by atoms with van der Waals surface area (Å²) in [4.78, 5) is 7.30. The van der Waals surface area contributed by atoms with Crippen LogP contribution in [0.25, 0.3) is 0 Å². The van der Waals surface area contributed by atoms with Crippen molar-refractivity contribution in [3.8, 4) is 0 Å². The van der Waals surface area contributed by atoms with Crippen LogP contribution in [0.1, 0.15) is 33.1 Å². The summed E-state index contributed by atoms with van der Waals surface area (Å²) in [5.74, 6) is 1.57. The molecule has 0 aromatic heterocycles. The average molecular weight is 498 g/mol. The zero-order valence-corrected chi connectivity index (χ0v) is 19.6. The van der Waals surface area contributed by atoms with E-state index in [1.165, 1.54) is 12.8 Å². The van der Waals surface area contributed by atoms with Gasteiger partial charge in [0.25, 0.3) is 0 Å². The molecule has 0 spiro atoms. The van der Waals surface area contributed by atoms with Crippen molar-refractivity contribution in [2.45, 2.75) is 45.3 Å². The second kappa shape index (κ2) is 14.8. The summed E-state index contributed by atoms with van der Waals surface area (Å²) < 4.78 is 16.4. The van der Waals surface area contributed by atoms with E-state index in [1.54, 1.807) is 7.11 Å². The Morgan fingerprint density at radius 3 is 2.70 bits per heavy atom. The molecule has 2 heterocycles. The van der Waals surface area contributed by atoms with E-state index in [-0.39, 0.29) is 36.1 Å². The van der Waals surface area contributed by atoms with E-state index in [2.05, 4.69) is 29.4 Å². The van der Waals surface area contributed by atoms with Crippen LogP contribution in [0.2, 0.25) is 0 Å². The standard InChI is InChI=1S/C19H38N4O3.HI/c1-4-20-19(22-16(2)14-26-18-7-11-25-15-18)21-13-17-5-8-23(9-6-17)10-12-24-3;/h16-18H,4-15H2,1-3H3,(H2,20,21,22);1H. The van der Waals surface area contributed by atoms with Gasteiger partial charge in [-0.3, -0.25) is 4.99 Å². The maximum absolute atomic E-state index is 5.90. The molecule has 2 unspecified atom stereocenters. The van der Waals surface area contributed by atoms with E-state index in [1.807, 2.05) is 0 Å². The third-order valence-electron chi connectivity index (χ3n) is 5.02. The summed E-state index contributed by atoms with van der Waals surface area (Å²) in [5, 5.41) is 6.81. The molecule has 160 valence electrons. The number of rotatable bonds is 10. The first kappa shape index (κ1) is 24.9. The molecule has 0 bridgehead atoms. The van der Waals surface area contributed by atoms with Crippen molar-refractivity contribution in [2.24, 2.45) is 10.9 Å². The first-order valence-corrected chi connectivity index (χ1v) is 10.2. The number of aliphatic imine (C=N–C) groups is 1. The summed E-state index contributed by atoms with van der Waals surface area (Å²) in [6.45, 7) is 12.4. The summed E-state index contributed by atoms with van der Waals surface area (Å²) in [6.07, 6.45) is 3.69. The second-order valence-electron chi connectivity index (χ2n) is 7.36. The largest absolute Gasteiger partial charge is 0.383 e. The van der Waals surface area contributed by atoms with Crippen molar-refractivity contribution in [1.29, 1.82) is 0 Å². The highest BCUT2D eigenvalue weighted by atomic mass is 127. The van der Waals surface area contributed by atoms with Crippen LogP contribution in [0, 0.1) is 5.92 Å². The number of methoxy groups -OCH3 is 1. The molecule has 0 aliphatic carbocycles. The van der Waals surface area contributed by atoms with Crippen LogP contribution in [-0.2, 0) is 14.2 Å². The number of hydrogen-bond donors (Lipinski definition) is 2. The highest BCUT2D eigenvalue weighted by molar-refractivity contribution is 14.0. The van der Waals surface area contributed by atoms with Crippen molar-refractivity contribution >= 4 is 29.9 Å². The van der Waals surface area contributed by atoms with Gasteiger partial charge in [-0.2, -0.15) is 0 Å². The second-order valence-corrected chi connectivity index (χ2v) is 7.36. The summed E-state index contributed by atoms with van der Waals surface area (Å²) in [7, 11) is 1.77. The molecule has 0 radical (unpaired) electrons. The maximum Gasteiger partial charge on any atom is 0.191 e. The Balaban J connectivity index is 0.00000364. The number of nitrogens with one attached hydrogen (secondary N) is 2. The predicted octanol–water partition coefficient (Wildman–Crippen LogP) is 1.71. The smallest absolute Gasteiger partial charge is 0.191 e. The minimum atomic E-state index is 0. The molecule has 2 fully saturated rings. The monoisotopic (exact) mass is 498 g/mol. The molecule has 2 rings (SSSR count). The minimum absolute atomic E-state index is 0. The van der Waals surface area contributed by atoms with Crippen LogP contribution in [0.4, 0.5) is 0 Å².